The van der Waals surface area contributed by atoms with Crippen LogP contribution >= 0.6 is 0 Å². The summed E-state index contributed by atoms with van der Waals surface area (Å²) in [5.41, 5.74) is -2.50. The van der Waals surface area contributed by atoms with Crippen molar-refractivity contribution in [2.45, 2.75) is 187 Å². The number of cyclic esters (lactones) is 1. The Morgan fingerprint density at radius 3 is 1.24 bits per heavy atom. The third-order valence-corrected chi connectivity index (χ3v) is 28.9. The highest BCUT2D eigenvalue weighted by atomic mass is 16.6. The van der Waals surface area contributed by atoms with Crippen LogP contribution in [0.5, 0.6) is 0 Å². The average molecular weight is 1610 g/mol. The Morgan fingerprint density at radius 2 is 0.836 bits per heavy atom. The molecule has 24 atom stereocenters. The van der Waals surface area contributed by atoms with Crippen molar-refractivity contribution in [1.82, 2.24) is 0 Å². The number of ether oxygens (including phenoxy) is 10. The van der Waals surface area contributed by atoms with E-state index in [1.807, 2.05) is 41.5 Å². The van der Waals surface area contributed by atoms with Crippen molar-refractivity contribution in [3.63, 3.8) is 0 Å². The second kappa shape index (κ2) is 35.9. The molecule has 6 saturated carbocycles. The summed E-state index contributed by atoms with van der Waals surface area (Å²) in [7, 11) is 4.00. The summed E-state index contributed by atoms with van der Waals surface area (Å²) in [6.45, 7) is 14.5. The summed E-state index contributed by atoms with van der Waals surface area (Å²) < 4.78 is 62.1. The lowest BCUT2D eigenvalue weighted by atomic mass is 9.42. The molecule has 9 fully saturated rings. The van der Waals surface area contributed by atoms with Crippen LogP contribution in [0.15, 0.2) is 144 Å². The molecule has 0 radical (unpaired) electrons. The van der Waals surface area contributed by atoms with E-state index in [9.17, 15) is 68.4 Å². The van der Waals surface area contributed by atoms with Gasteiger partial charge in [-0.3, -0.25) is 28.8 Å². The van der Waals surface area contributed by atoms with Crippen LogP contribution in [0.4, 0.5) is 0 Å². The molecule has 5 aromatic rings. The molecule has 9 aliphatic rings. The first-order chi connectivity index (χ1) is 55.4. The second-order valence-electron chi connectivity index (χ2n) is 35.2. The molecule has 3 saturated heterocycles. The number of aliphatic hydroxyl groups excluding tert-OH is 2. The second-order valence-corrected chi connectivity index (χ2v) is 35.2. The van der Waals surface area contributed by atoms with Crippen molar-refractivity contribution in [2.75, 3.05) is 47.8 Å². The molecular weight excluding hydrogens is 1490 g/mol. The fourth-order valence-corrected chi connectivity index (χ4v) is 23.0. The molecule has 14 rings (SSSR count). The van der Waals surface area contributed by atoms with E-state index >= 15 is 0 Å². The summed E-state index contributed by atoms with van der Waals surface area (Å²) in [5.74, 6) is -10.7. The van der Waals surface area contributed by atoms with Gasteiger partial charge in [0.2, 0.25) is 0 Å². The molecule has 626 valence electrons. The highest BCUT2D eigenvalue weighted by molar-refractivity contribution is 5.92. The zero-order valence-corrected chi connectivity index (χ0v) is 67.7. The van der Waals surface area contributed by atoms with Gasteiger partial charge in [-0.25, -0.2) is 19.2 Å². The fourth-order valence-electron chi connectivity index (χ4n) is 23.0. The smallest absolute Gasteiger partial charge is 0.338 e. The fraction of sp³-hybridized carbons (Fsp3) is 0.582. The van der Waals surface area contributed by atoms with Gasteiger partial charge in [-0.05, 0) is 189 Å². The Kier molecular flexibility index (Phi) is 26.6. The van der Waals surface area contributed by atoms with E-state index in [1.54, 1.807) is 134 Å². The highest BCUT2D eigenvalue weighted by Gasteiger charge is 2.71. The predicted molar refractivity (Wildman–Crippen MR) is 416 cm³/mol. The number of fused-ring (bicyclic) bond motifs is 5. The van der Waals surface area contributed by atoms with E-state index in [-0.39, 0.29) is 31.1 Å². The molecule has 4 N–H and O–H groups in total. The molecule has 4 aromatic carbocycles. The van der Waals surface area contributed by atoms with Gasteiger partial charge in [0.25, 0.3) is 0 Å². The largest absolute Gasteiger partial charge is 0.481 e. The topological polar surface area (TPSA) is 357 Å². The maximum atomic E-state index is 13.7. The van der Waals surface area contributed by atoms with Crippen molar-refractivity contribution in [3.8, 4) is 0 Å². The van der Waals surface area contributed by atoms with Gasteiger partial charge in [0.15, 0.2) is 0 Å². The van der Waals surface area contributed by atoms with Gasteiger partial charge in [-0.1, -0.05) is 114 Å². The minimum atomic E-state index is -1.12. The van der Waals surface area contributed by atoms with Crippen LogP contribution in [0, 0.1) is 97.6 Å². The monoisotopic (exact) mass is 1600 g/mol. The number of hydrogen-bond donors (Lipinski definition) is 4. The van der Waals surface area contributed by atoms with Crippen molar-refractivity contribution in [1.29, 1.82) is 0 Å². The van der Waals surface area contributed by atoms with Gasteiger partial charge in [-0.15, -0.1) is 0 Å². The van der Waals surface area contributed by atoms with E-state index in [1.165, 1.54) is 27.6 Å². The first-order valence-electron chi connectivity index (χ1n) is 40.9. The summed E-state index contributed by atoms with van der Waals surface area (Å²) in [4.78, 5) is 131. The highest BCUT2D eigenvalue weighted by Crippen LogP contribution is 2.69. The molecule has 4 heterocycles. The Labute approximate surface area is 676 Å². The number of methoxy groups -OCH3 is 3. The van der Waals surface area contributed by atoms with Gasteiger partial charge < -0.3 is 72.2 Å². The standard InChI is InChI=1S/C35H42O9.C28H32O8.C28H38O8/c1-34(17-14-22-16-19-42-21-22)25(30(36)37)15-18-35(2)26(33(40)41-3)20-27(43-31(38)23-10-6-4-7-11-23)28(29(34)35)44-32(39)24-12-8-5-9-13-24;1-27-11-9-18-26(32)36-21(17-10-12-34-15-17)14-28(18,2)23(27)22(29)20(13-19(27)25(31)33-3)35-24(30)16-7-5-4-6-8-16;1-27(12-9-17-11-14-35-16-17)19(24(30)31)10-13-28(2)20(26(33)34-3)15-21(29)22(23(27)28)36-25(32)18-7-5-4-6-8-18/h4-13,22,25-29H,14-21H2,1-3H3,(H,36,37);4-8,10,12,15,18-23,29H,9,11,13-14H2,1-3H3;4-8,17,19-23,29H,9-16H2,1-3H3,(H,30,31)/t22?,25-,26-,27-,28-,29?,34-,35-;18-,19-,20-,21-,22-,23?,27-,28-;17?,19-,20-,21-,22-,23?,27-,28-/m000/s1. The molecule has 6 aliphatic carbocycles. The lowest BCUT2D eigenvalue weighted by Gasteiger charge is -2.63. The average Bonchev–Trinajstić information content (AvgIpc) is 0.955. The van der Waals surface area contributed by atoms with E-state index in [2.05, 4.69) is 0 Å². The van der Waals surface area contributed by atoms with E-state index in [4.69, 9.17) is 51.8 Å². The Balaban J connectivity index is 0.000000162. The minimum absolute atomic E-state index is 0.0786. The third-order valence-electron chi connectivity index (χ3n) is 28.9. The van der Waals surface area contributed by atoms with Crippen molar-refractivity contribution in [3.05, 3.63) is 168 Å². The quantitative estimate of drug-likeness (QED) is 0.0415. The van der Waals surface area contributed by atoms with Crippen LogP contribution in [-0.4, -0.2) is 164 Å². The number of aliphatic carboxylic acids is 2. The number of carboxylic acid groups (broad SMARTS) is 2. The van der Waals surface area contributed by atoms with Crippen LogP contribution in [0.1, 0.15) is 197 Å². The van der Waals surface area contributed by atoms with Crippen LogP contribution in [0.3, 0.4) is 0 Å². The first kappa shape index (κ1) is 86.1. The number of carbonyl (C=O) groups is 10. The number of hydrogen-bond acceptors (Lipinski definition) is 23. The number of carbonyl (C=O) groups excluding carboxylic acids is 8. The molecule has 5 unspecified atom stereocenters. The van der Waals surface area contributed by atoms with Gasteiger partial charge in [0.05, 0.1) is 104 Å². The molecule has 25 heteroatoms. The third kappa shape index (κ3) is 17.1. The molecular formula is C91H112O25. The van der Waals surface area contributed by atoms with Crippen LogP contribution in [0.25, 0.3) is 0 Å². The number of benzene rings is 4. The molecule has 0 bridgehead atoms. The number of aliphatic hydroxyl groups is 2. The molecule has 25 nitrogen and oxygen atoms in total. The summed E-state index contributed by atoms with van der Waals surface area (Å²) in [5, 5.41) is 44.0. The molecule has 0 spiro atoms. The van der Waals surface area contributed by atoms with Gasteiger partial charge >= 0.3 is 59.7 Å². The van der Waals surface area contributed by atoms with Crippen LogP contribution in [0.2, 0.25) is 0 Å². The Hall–Kier alpha value is -9.30. The maximum Gasteiger partial charge on any atom is 0.338 e. The molecule has 116 heavy (non-hydrogen) atoms. The van der Waals surface area contributed by atoms with Crippen LogP contribution in [-0.2, 0) is 76.1 Å². The number of furan rings is 1. The normalized spacial score (nSPS) is 36.1. The summed E-state index contributed by atoms with van der Waals surface area (Å²) in [6.07, 6.45) is 4.35. The lowest BCUT2D eigenvalue weighted by molar-refractivity contribution is -0.236. The Morgan fingerprint density at radius 1 is 0.448 bits per heavy atom. The molecule has 1 aromatic heterocycles. The summed E-state index contributed by atoms with van der Waals surface area (Å²) >= 11 is 0. The van der Waals surface area contributed by atoms with Crippen LogP contribution < -0.4 is 0 Å². The van der Waals surface area contributed by atoms with Crippen molar-refractivity contribution >= 4 is 59.7 Å². The van der Waals surface area contributed by atoms with Crippen molar-refractivity contribution in [2.24, 2.45) is 97.6 Å². The van der Waals surface area contributed by atoms with Gasteiger partial charge in [0.1, 0.15) is 30.5 Å². The van der Waals surface area contributed by atoms with E-state index < -0.39 is 182 Å². The van der Waals surface area contributed by atoms with Gasteiger partial charge in [-0.2, -0.15) is 0 Å². The number of rotatable bonds is 20. The number of carboxylic acids is 2. The lowest BCUT2D eigenvalue weighted by Crippen LogP contribution is -2.66. The van der Waals surface area contributed by atoms with E-state index in [0.29, 0.717) is 112 Å². The molecule has 0 amide bonds. The van der Waals surface area contributed by atoms with Gasteiger partial charge in [0, 0.05) is 62.6 Å². The first-order valence-corrected chi connectivity index (χ1v) is 40.9. The maximum absolute atomic E-state index is 13.7. The summed E-state index contributed by atoms with van der Waals surface area (Å²) in [6, 6.07) is 35.9. The SMILES string of the molecule is COC(=O)[C@@H]1C[C@H](O)[C@H](OC(=O)c2ccccc2)C2[C@@](C)(CCC3CCOC3)[C@H](C(=O)O)CC[C@]21C.COC(=O)[C@@H]1C[C@H](OC(=O)c2ccccc2)[C@H](O)C2[C@@]1(C)CC[C@H]1C(=O)O[C@H](c3ccoc3)C[C@]21C.COC(=O)[C@@H]1C[C@H](OC(=O)c2ccccc2)[C@H](OC(=O)c2ccccc2)C2[C@@](C)(CCC3CCOC3)[C@H](C(=O)O)CC[C@]21C. The number of esters is 8. The predicted octanol–water partition coefficient (Wildman–Crippen LogP) is 13.4. The van der Waals surface area contributed by atoms with E-state index in [0.717, 1.165) is 31.2 Å². The zero-order valence-electron chi connectivity index (χ0n) is 67.7. The minimum Gasteiger partial charge on any atom is -0.481 e. The van der Waals surface area contributed by atoms with Crippen molar-refractivity contribution < 1.29 is 120 Å². The zero-order chi connectivity index (χ0) is 83.2. The Bertz CT molecular complexity index is 4280. The molecule has 3 aliphatic heterocycles.